The van der Waals surface area contributed by atoms with Gasteiger partial charge in [-0.25, -0.2) is 4.98 Å². The number of thiazole rings is 1. The van der Waals surface area contributed by atoms with Gasteiger partial charge >= 0.3 is 0 Å². The second-order valence-corrected chi connectivity index (χ2v) is 6.29. The number of rotatable bonds is 2. The van der Waals surface area contributed by atoms with Crippen LogP contribution in [0.15, 0.2) is 34.2 Å². The molecule has 3 rings (SSSR count). The number of halogens is 1. The minimum absolute atomic E-state index is 0.225. The van der Waals surface area contributed by atoms with Gasteiger partial charge in [-0.3, -0.25) is 14.5 Å². The molecule has 0 atom stereocenters. The number of carbonyl (C=O) groups excluding carboxylic acids is 2. The zero-order valence-electron chi connectivity index (χ0n) is 9.09. The van der Waals surface area contributed by atoms with E-state index < -0.39 is 0 Å². The van der Waals surface area contributed by atoms with Crippen LogP contribution in [0.1, 0.15) is 25.7 Å². The molecule has 0 radical (unpaired) electrons. The van der Waals surface area contributed by atoms with Crippen molar-refractivity contribution in [1.29, 1.82) is 0 Å². The van der Waals surface area contributed by atoms with Crippen molar-refractivity contribution in [2.75, 3.05) is 0 Å². The van der Waals surface area contributed by atoms with Crippen LogP contribution in [0.2, 0.25) is 0 Å². The summed E-state index contributed by atoms with van der Waals surface area (Å²) in [7, 11) is 0. The topological polar surface area (TPSA) is 50.3 Å². The first-order chi connectivity index (χ1) is 8.66. The van der Waals surface area contributed by atoms with E-state index in [1.807, 2.05) is 0 Å². The lowest BCUT2D eigenvalue weighted by Crippen LogP contribution is -2.28. The van der Waals surface area contributed by atoms with Crippen molar-refractivity contribution in [1.82, 2.24) is 9.88 Å². The number of carbonyl (C=O) groups is 2. The van der Waals surface area contributed by atoms with Crippen molar-refractivity contribution in [3.05, 3.63) is 50.4 Å². The largest absolute Gasteiger partial charge is 0.269 e. The smallest absolute Gasteiger partial charge is 0.261 e. The molecule has 0 bridgehead atoms. The van der Waals surface area contributed by atoms with Crippen LogP contribution in [0.3, 0.4) is 0 Å². The van der Waals surface area contributed by atoms with Crippen LogP contribution in [0.25, 0.3) is 0 Å². The highest BCUT2D eigenvalue weighted by Gasteiger charge is 2.35. The second-order valence-electron chi connectivity index (χ2n) is 3.80. The maximum Gasteiger partial charge on any atom is 0.261 e. The lowest BCUT2D eigenvalue weighted by Gasteiger charge is -2.11. The molecule has 0 saturated heterocycles. The molecule has 0 aliphatic carbocycles. The van der Waals surface area contributed by atoms with Gasteiger partial charge in [-0.2, -0.15) is 0 Å². The molecule has 2 amide bonds. The number of hydrogen-bond acceptors (Lipinski definition) is 4. The van der Waals surface area contributed by atoms with Crippen molar-refractivity contribution in [3.8, 4) is 0 Å². The first-order valence-corrected chi connectivity index (χ1v) is 6.83. The molecule has 0 spiro atoms. The van der Waals surface area contributed by atoms with Gasteiger partial charge in [0.2, 0.25) is 0 Å². The molecule has 4 nitrogen and oxygen atoms in total. The Morgan fingerprint density at radius 3 is 2.28 bits per heavy atom. The predicted molar refractivity (Wildman–Crippen MR) is 70.5 cm³/mol. The molecular weight excluding hydrogens is 316 g/mol. The van der Waals surface area contributed by atoms with Gasteiger partial charge in [0.25, 0.3) is 11.8 Å². The van der Waals surface area contributed by atoms with E-state index in [-0.39, 0.29) is 18.4 Å². The summed E-state index contributed by atoms with van der Waals surface area (Å²) >= 11 is 4.72. The van der Waals surface area contributed by atoms with E-state index in [1.165, 1.54) is 16.2 Å². The number of aromatic nitrogens is 1. The number of hydrogen-bond donors (Lipinski definition) is 0. The second kappa shape index (κ2) is 4.29. The van der Waals surface area contributed by atoms with Gasteiger partial charge in [0.1, 0.15) is 5.01 Å². The van der Waals surface area contributed by atoms with Gasteiger partial charge in [-0.1, -0.05) is 12.1 Å². The van der Waals surface area contributed by atoms with E-state index in [9.17, 15) is 9.59 Å². The Morgan fingerprint density at radius 2 is 1.78 bits per heavy atom. The van der Waals surface area contributed by atoms with Crippen LogP contribution < -0.4 is 0 Å². The normalized spacial score (nSPS) is 14.2. The quantitative estimate of drug-likeness (QED) is 0.799. The third kappa shape index (κ3) is 1.77. The lowest BCUT2D eigenvalue weighted by molar-refractivity contribution is 0.0642. The third-order valence-corrected chi connectivity index (χ3v) is 4.16. The Kier molecular flexibility index (Phi) is 2.76. The van der Waals surface area contributed by atoms with Crippen LogP contribution in [0.5, 0.6) is 0 Å². The fourth-order valence-corrected chi connectivity index (χ4v) is 3.17. The van der Waals surface area contributed by atoms with Crippen LogP contribution in [-0.4, -0.2) is 21.7 Å². The van der Waals surface area contributed by atoms with Crippen molar-refractivity contribution in [2.45, 2.75) is 6.54 Å². The van der Waals surface area contributed by atoms with Crippen LogP contribution >= 0.6 is 27.3 Å². The summed E-state index contributed by atoms with van der Waals surface area (Å²) in [4.78, 5) is 29.5. The molecule has 1 aliphatic heterocycles. The molecule has 1 aromatic carbocycles. The maximum atomic E-state index is 12.1. The summed E-state index contributed by atoms with van der Waals surface area (Å²) in [6, 6.07) is 6.86. The van der Waals surface area contributed by atoms with E-state index in [2.05, 4.69) is 20.9 Å². The molecule has 90 valence electrons. The van der Waals surface area contributed by atoms with Crippen molar-refractivity contribution in [2.24, 2.45) is 0 Å². The number of imide groups is 1. The molecule has 0 saturated carbocycles. The van der Waals surface area contributed by atoms with E-state index >= 15 is 0 Å². The highest BCUT2D eigenvalue weighted by Crippen LogP contribution is 2.26. The highest BCUT2D eigenvalue weighted by atomic mass is 79.9. The molecule has 0 N–H and O–H groups in total. The maximum absolute atomic E-state index is 12.1. The van der Waals surface area contributed by atoms with Gasteiger partial charge in [-0.05, 0) is 28.1 Å². The fourth-order valence-electron chi connectivity index (χ4n) is 1.88. The SMILES string of the molecule is O=C1c2ccccc2C(=O)N1Cc1ncc(Br)s1. The summed E-state index contributed by atoms with van der Waals surface area (Å²) in [6.45, 7) is 0.225. The molecule has 0 unspecified atom stereocenters. The highest BCUT2D eigenvalue weighted by molar-refractivity contribution is 9.11. The average molecular weight is 323 g/mol. The molecule has 18 heavy (non-hydrogen) atoms. The molecule has 1 aromatic heterocycles. The monoisotopic (exact) mass is 322 g/mol. The summed E-state index contributed by atoms with van der Waals surface area (Å²) in [5.41, 5.74) is 0.941. The number of amides is 2. The van der Waals surface area contributed by atoms with Gasteiger partial charge in [0, 0.05) is 0 Å². The molecule has 1 aliphatic rings. The first kappa shape index (κ1) is 11.6. The fraction of sp³-hybridized carbons (Fsp3) is 0.0833. The van der Waals surface area contributed by atoms with Gasteiger partial charge in [0.05, 0.1) is 27.7 Å². The summed E-state index contributed by atoms with van der Waals surface area (Å²) in [5, 5.41) is 0.733. The Bertz CT molecular complexity index is 618. The number of nitrogens with zero attached hydrogens (tertiary/aromatic N) is 2. The minimum Gasteiger partial charge on any atom is -0.269 e. The third-order valence-electron chi connectivity index (χ3n) is 2.70. The van der Waals surface area contributed by atoms with E-state index in [0.717, 1.165) is 8.79 Å². The standard InChI is InChI=1S/C12H7BrN2O2S/c13-9-5-14-10(18-9)6-15-11(16)7-3-1-2-4-8(7)12(15)17/h1-5H,6H2. The van der Waals surface area contributed by atoms with E-state index in [0.29, 0.717) is 11.1 Å². The van der Waals surface area contributed by atoms with E-state index in [1.54, 1.807) is 30.5 Å². The Morgan fingerprint density at radius 1 is 1.17 bits per heavy atom. The van der Waals surface area contributed by atoms with Crippen LogP contribution in [-0.2, 0) is 6.54 Å². The lowest BCUT2D eigenvalue weighted by atomic mass is 10.1. The first-order valence-electron chi connectivity index (χ1n) is 5.22. The van der Waals surface area contributed by atoms with Crippen molar-refractivity contribution < 1.29 is 9.59 Å². The minimum atomic E-state index is -0.248. The number of fused-ring (bicyclic) bond motifs is 1. The van der Waals surface area contributed by atoms with Gasteiger partial charge in [-0.15, -0.1) is 11.3 Å². The van der Waals surface area contributed by atoms with Crippen LogP contribution in [0, 0.1) is 0 Å². The molecule has 0 fully saturated rings. The molecule has 2 aromatic rings. The van der Waals surface area contributed by atoms with Crippen molar-refractivity contribution >= 4 is 39.1 Å². The van der Waals surface area contributed by atoms with E-state index in [4.69, 9.17) is 0 Å². The summed E-state index contributed by atoms with van der Waals surface area (Å²) < 4.78 is 0.883. The molecule has 2 heterocycles. The average Bonchev–Trinajstić information content (AvgIpc) is 2.88. The predicted octanol–water partition coefficient (Wildman–Crippen LogP) is 2.70. The van der Waals surface area contributed by atoms with Crippen LogP contribution in [0.4, 0.5) is 0 Å². The summed E-state index contributed by atoms with van der Waals surface area (Å²) in [6.07, 6.45) is 1.66. The van der Waals surface area contributed by atoms with Crippen molar-refractivity contribution in [3.63, 3.8) is 0 Å². The van der Waals surface area contributed by atoms with Gasteiger partial charge in [0.15, 0.2) is 0 Å². The Hall–Kier alpha value is -1.53. The van der Waals surface area contributed by atoms with Gasteiger partial charge < -0.3 is 0 Å². The molecular formula is C12H7BrN2O2S. The summed E-state index contributed by atoms with van der Waals surface area (Å²) in [5.74, 6) is -0.496. The molecule has 6 heteroatoms. The Labute approximate surface area is 115 Å². The Balaban J connectivity index is 1.92. The zero-order chi connectivity index (χ0) is 12.7. The number of benzene rings is 1. The zero-order valence-corrected chi connectivity index (χ0v) is 11.5.